The Balaban J connectivity index is 1.61. The molecule has 0 radical (unpaired) electrons. The predicted octanol–water partition coefficient (Wildman–Crippen LogP) is 2.46. The van der Waals surface area contributed by atoms with Crippen LogP contribution in [0, 0.1) is 12.8 Å². The minimum absolute atomic E-state index is 0.549. The molecule has 0 spiro atoms. The van der Waals surface area contributed by atoms with Crippen molar-refractivity contribution < 1.29 is 4.74 Å². The largest absolute Gasteiger partial charge is 0.479 e. The number of aromatic nitrogens is 6. The normalized spacial score (nSPS) is 17.4. The van der Waals surface area contributed by atoms with Gasteiger partial charge in [0.05, 0.1) is 12.6 Å². The molecule has 1 saturated heterocycles. The van der Waals surface area contributed by atoms with Gasteiger partial charge in [-0.2, -0.15) is 10.1 Å². The Morgan fingerprint density at radius 3 is 3.07 bits per heavy atom. The van der Waals surface area contributed by atoms with Crippen molar-refractivity contribution in [1.29, 1.82) is 0 Å². The molecule has 5 rings (SSSR count). The van der Waals surface area contributed by atoms with Crippen LogP contribution in [0.15, 0.2) is 30.9 Å². The summed E-state index contributed by atoms with van der Waals surface area (Å²) in [5.41, 5.74) is 4.69. The Kier molecular flexibility index (Phi) is 4.20. The second kappa shape index (κ2) is 6.87. The van der Waals surface area contributed by atoms with Crippen LogP contribution in [0.2, 0.25) is 0 Å². The van der Waals surface area contributed by atoms with E-state index in [1.165, 1.54) is 19.2 Å². The number of piperidine rings is 1. The van der Waals surface area contributed by atoms with Crippen molar-refractivity contribution in [3.05, 3.63) is 36.7 Å². The third-order valence-electron chi connectivity index (χ3n) is 5.56. The van der Waals surface area contributed by atoms with Crippen molar-refractivity contribution in [2.75, 3.05) is 20.2 Å². The summed E-state index contributed by atoms with van der Waals surface area (Å²) in [6.45, 7) is 5.20. The molecule has 0 amide bonds. The summed E-state index contributed by atoms with van der Waals surface area (Å²) in [5.74, 6) is 2.18. The van der Waals surface area contributed by atoms with Gasteiger partial charge in [0.25, 0.3) is 0 Å². The summed E-state index contributed by atoms with van der Waals surface area (Å²) in [6.07, 6.45) is 7.75. The fourth-order valence-corrected chi connectivity index (χ4v) is 4.14. The minimum Gasteiger partial charge on any atom is -0.479 e. The van der Waals surface area contributed by atoms with Crippen molar-refractivity contribution in [3.63, 3.8) is 0 Å². The fraction of sp³-hybridized carbons (Fsp3) is 0.400. The van der Waals surface area contributed by atoms with E-state index < -0.39 is 0 Å². The Morgan fingerprint density at radius 1 is 1.32 bits per heavy atom. The highest BCUT2D eigenvalue weighted by molar-refractivity contribution is 5.87. The van der Waals surface area contributed by atoms with Crippen LogP contribution in [0.1, 0.15) is 18.7 Å². The summed E-state index contributed by atoms with van der Waals surface area (Å²) < 4.78 is 9.53. The molecule has 8 nitrogen and oxygen atoms in total. The Labute approximate surface area is 162 Å². The molecule has 1 aliphatic rings. The Hall–Kier alpha value is -3.00. The van der Waals surface area contributed by atoms with Crippen LogP contribution in [0.25, 0.3) is 27.8 Å². The number of ether oxygens (including phenoxy) is 1. The van der Waals surface area contributed by atoms with E-state index in [9.17, 15) is 0 Å². The average molecular weight is 377 g/mol. The van der Waals surface area contributed by atoms with Gasteiger partial charge in [-0.25, -0.2) is 14.5 Å². The molecule has 5 heterocycles. The molecule has 0 saturated carbocycles. The maximum Gasteiger partial charge on any atom is 0.241 e. The third kappa shape index (κ3) is 2.80. The maximum absolute atomic E-state index is 5.45. The number of nitrogens with zero attached hydrogens (tertiary/aromatic N) is 6. The predicted molar refractivity (Wildman–Crippen MR) is 106 cm³/mol. The molecular formula is C20H23N7O. The highest BCUT2D eigenvalue weighted by Crippen LogP contribution is 2.31. The van der Waals surface area contributed by atoms with E-state index >= 15 is 0 Å². The fourth-order valence-electron chi connectivity index (χ4n) is 4.14. The standard InChI is InChI=1S/C20H23N7O/c1-13-25-19-17(26(13)11-14-4-3-6-21-9-14)8-15(10-22-19)16-5-7-27-18(16)20(28-2)23-12-24-27/h5,7-8,10,12,14,21H,3-4,6,9,11H2,1-2H3. The molecule has 8 heteroatoms. The van der Waals surface area contributed by atoms with E-state index in [4.69, 9.17) is 4.74 Å². The lowest BCUT2D eigenvalue weighted by Gasteiger charge is -2.23. The topological polar surface area (TPSA) is 82.2 Å². The quantitative estimate of drug-likeness (QED) is 0.588. The van der Waals surface area contributed by atoms with Gasteiger partial charge in [-0.05, 0) is 50.9 Å². The van der Waals surface area contributed by atoms with Crippen molar-refractivity contribution in [1.82, 2.24) is 34.4 Å². The molecule has 1 atom stereocenters. The lowest BCUT2D eigenvalue weighted by Crippen LogP contribution is -2.32. The summed E-state index contributed by atoms with van der Waals surface area (Å²) in [7, 11) is 1.62. The number of pyridine rings is 1. The summed E-state index contributed by atoms with van der Waals surface area (Å²) in [4.78, 5) is 13.6. The number of nitrogens with one attached hydrogen (secondary N) is 1. The monoisotopic (exact) mass is 377 g/mol. The molecule has 28 heavy (non-hydrogen) atoms. The van der Waals surface area contributed by atoms with Crippen molar-refractivity contribution in [2.24, 2.45) is 5.92 Å². The first-order chi connectivity index (χ1) is 13.7. The molecule has 1 aliphatic heterocycles. The number of fused-ring (bicyclic) bond motifs is 2. The second-order valence-electron chi connectivity index (χ2n) is 7.34. The molecule has 144 valence electrons. The first-order valence-corrected chi connectivity index (χ1v) is 9.65. The van der Waals surface area contributed by atoms with E-state index in [1.54, 1.807) is 11.6 Å². The first kappa shape index (κ1) is 17.1. The minimum atomic E-state index is 0.549. The van der Waals surface area contributed by atoms with Gasteiger partial charge in [0, 0.05) is 30.1 Å². The van der Waals surface area contributed by atoms with Crippen molar-refractivity contribution in [3.8, 4) is 17.0 Å². The molecule has 1 N–H and O–H groups in total. The molecule has 4 aromatic rings. The van der Waals surface area contributed by atoms with Gasteiger partial charge in [-0.3, -0.25) is 0 Å². The van der Waals surface area contributed by atoms with Crippen LogP contribution in [0.4, 0.5) is 0 Å². The molecule has 0 bridgehead atoms. The molecule has 0 aromatic carbocycles. The molecular weight excluding hydrogens is 354 g/mol. The van der Waals surface area contributed by atoms with Crippen LogP contribution in [0.5, 0.6) is 5.88 Å². The summed E-state index contributed by atoms with van der Waals surface area (Å²) >= 11 is 0. The maximum atomic E-state index is 5.45. The van der Waals surface area contributed by atoms with E-state index in [2.05, 4.69) is 42.9 Å². The van der Waals surface area contributed by atoms with Crippen LogP contribution >= 0.6 is 0 Å². The van der Waals surface area contributed by atoms with Gasteiger partial charge in [-0.1, -0.05) is 0 Å². The lowest BCUT2D eigenvalue weighted by molar-refractivity contribution is 0.338. The first-order valence-electron chi connectivity index (χ1n) is 9.65. The number of imidazole rings is 1. The van der Waals surface area contributed by atoms with Gasteiger partial charge in [0.15, 0.2) is 5.65 Å². The van der Waals surface area contributed by atoms with Crippen LogP contribution in [-0.4, -0.2) is 49.3 Å². The molecule has 0 aliphatic carbocycles. The highest BCUT2D eigenvalue weighted by Gasteiger charge is 2.19. The average Bonchev–Trinajstić information content (AvgIpc) is 3.30. The zero-order valence-electron chi connectivity index (χ0n) is 16.1. The number of methoxy groups -OCH3 is 1. The molecule has 4 aromatic heterocycles. The van der Waals surface area contributed by atoms with Gasteiger partial charge in [0.1, 0.15) is 17.7 Å². The van der Waals surface area contributed by atoms with Crippen LogP contribution in [0.3, 0.4) is 0 Å². The molecule has 1 fully saturated rings. The van der Waals surface area contributed by atoms with Gasteiger partial charge in [0.2, 0.25) is 5.88 Å². The van der Waals surface area contributed by atoms with Crippen molar-refractivity contribution in [2.45, 2.75) is 26.3 Å². The second-order valence-corrected chi connectivity index (χ2v) is 7.34. The Morgan fingerprint density at radius 2 is 2.25 bits per heavy atom. The van der Waals surface area contributed by atoms with E-state index in [-0.39, 0.29) is 0 Å². The van der Waals surface area contributed by atoms with E-state index in [0.717, 1.165) is 53.3 Å². The molecule has 1 unspecified atom stereocenters. The lowest BCUT2D eigenvalue weighted by atomic mass is 9.99. The van der Waals surface area contributed by atoms with Crippen LogP contribution in [-0.2, 0) is 6.54 Å². The summed E-state index contributed by atoms with van der Waals surface area (Å²) in [5, 5.41) is 7.78. The van der Waals surface area contributed by atoms with Gasteiger partial charge >= 0.3 is 0 Å². The van der Waals surface area contributed by atoms with Crippen LogP contribution < -0.4 is 10.1 Å². The van der Waals surface area contributed by atoms with Crippen molar-refractivity contribution >= 4 is 16.7 Å². The number of hydrogen-bond acceptors (Lipinski definition) is 6. The zero-order valence-corrected chi connectivity index (χ0v) is 16.1. The number of hydrogen-bond donors (Lipinski definition) is 1. The zero-order chi connectivity index (χ0) is 19.1. The number of rotatable bonds is 4. The highest BCUT2D eigenvalue weighted by atomic mass is 16.5. The van der Waals surface area contributed by atoms with E-state index in [1.807, 2.05) is 18.5 Å². The van der Waals surface area contributed by atoms with Gasteiger partial charge in [-0.15, -0.1) is 0 Å². The summed E-state index contributed by atoms with van der Waals surface area (Å²) in [6, 6.07) is 4.19. The van der Waals surface area contributed by atoms with E-state index in [0.29, 0.717) is 11.8 Å². The smallest absolute Gasteiger partial charge is 0.241 e. The Bertz CT molecular complexity index is 1140. The van der Waals surface area contributed by atoms with Gasteiger partial charge < -0.3 is 14.6 Å². The SMILES string of the molecule is COc1ncnn2ccc(-c3cnc4nc(C)n(CC5CCCNC5)c4c3)c12. The third-order valence-corrected chi connectivity index (χ3v) is 5.56. The number of aryl methyl sites for hydroxylation is 1.